The van der Waals surface area contributed by atoms with Gasteiger partial charge in [0.05, 0.1) is 6.42 Å². The summed E-state index contributed by atoms with van der Waals surface area (Å²) in [7, 11) is 0. The van der Waals surface area contributed by atoms with Crippen LogP contribution >= 0.6 is 23.4 Å². The Morgan fingerprint density at radius 1 is 1.32 bits per heavy atom. The van der Waals surface area contributed by atoms with Crippen LogP contribution in [0, 0.1) is 6.92 Å². The number of carboxylic acid groups (broad SMARTS) is 1. The van der Waals surface area contributed by atoms with Crippen LogP contribution in [-0.2, 0) is 17.0 Å². The molecule has 0 saturated heterocycles. The fourth-order valence-corrected chi connectivity index (χ4v) is 3.95. The summed E-state index contributed by atoms with van der Waals surface area (Å²) in [4.78, 5) is 24.8. The molecule has 3 nitrogen and oxygen atoms in total. The van der Waals surface area contributed by atoms with E-state index in [0.717, 1.165) is 16.0 Å². The lowest BCUT2D eigenvalue weighted by molar-refractivity contribution is -0.136. The first kappa shape index (κ1) is 15.1. The highest BCUT2D eigenvalue weighted by atomic mass is 35.5. The van der Waals surface area contributed by atoms with E-state index in [1.807, 2.05) is 19.1 Å². The maximum absolute atomic E-state index is 12.9. The molecule has 0 fully saturated rings. The third kappa shape index (κ3) is 2.64. The minimum atomic E-state index is -0.903. The van der Waals surface area contributed by atoms with Gasteiger partial charge < -0.3 is 5.11 Å². The van der Waals surface area contributed by atoms with E-state index < -0.39 is 5.97 Å². The smallest absolute Gasteiger partial charge is 0.307 e. The highest BCUT2D eigenvalue weighted by Gasteiger charge is 2.25. The highest BCUT2D eigenvalue weighted by Crippen LogP contribution is 2.37. The molecule has 0 atom stereocenters. The van der Waals surface area contributed by atoms with E-state index in [2.05, 4.69) is 0 Å². The summed E-state index contributed by atoms with van der Waals surface area (Å²) < 4.78 is 0. The van der Waals surface area contributed by atoms with Crippen molar-refractivity contribution in [2.75, 3.05) is 0 Å². The zero-order valence-corrected chi connectivity index (χ0v) is 13.4. The predicted molar refractivity (Wildman–Crippen MR) is 87.0 cm³/mol. The molecule has 0 bridgehead atoms. The van der Waals surface area contributed by atoms with E-state index in [4.69, 9.17) is 16.7 Å². The van der Waals surface area contributed by atoms with Crippen LogP contribution in [0.1, 0.15) is 32.6 Å². The number of ketones is 1. The second-order valence-electron chi connectivity index (χ2n) is 5.21. The number of carbonyl (C=O) groups is 2. The summed E-state index contributed by atoms with van der Waals surface area (Å²) in [6, 6.07) is 9.00. The number of carbonyl (C=O) groups excluding carboxylic acids is 1. The molecule has 2 aromatic carbocycles. The van der Waals surface area contributed by atoms with E-state index in [1.54, 1.807) is 30.0 Å². The number of halogens is 1. The van der Waals surface area contributed by atoms with Gasteiger partial charge in [-0.1, -0.05) is 23.7 Å². The average Bonchev–Trinajstić information content (AvgIpc) is 2.60. The number of thioether (sulfide) groups is 1. The highest BCUT2D eigenvalue weighted by molar-refractivity contribution is 7.98. The molecule has 112 valence electrons. The second kappa shape index (κ2) is 5.78. The minimum Gasteiger partial charge on any atom is -0.481 e. The van der Waals surface area contributed by atoms with Gasteiger partial charge in [-0.3, -0.25) is 9.59 Å². The summed E-state index contributed by atoms with van der Waals surface area (Å²) in [5, 5.41) is 9.53. The molecule has 1 N–H and O–H groups in total. The van der Waals surface area contributed by atoms with Crippen molar-refractivity contribution in [3.05, 3.63) is 63.2 Å². The summed E-state index contributed by atoms with van der Waals surface area (Å²) in [5.41, 5.74) is 3.57. The van der Waals surface area contributed by atoms with Gasteiger partial charge in [0.25, 0.3) is 0 Å². The van der Waals surface area contributed by atoms with Crippen molar-refractivity contribution in [1.29, 1.82) is 0 Å². The molecule has 0 aliphatic carbocycles. The summed E-state index contributed by atoms with van der Waals surface area (Å²) >= 11 is 7.62. The van der Waals surface area contributed by atoms with Crippen LogP contribution in [0.15, 0.2) is 35.2 Å². The van der Waals surface area contributed by atoms with Crippen molar-refractivity contribution >= 4 is 35.1 Å². The zero-order chi connectivity index (χ0) is 15.9. The Kier molecular flexibility index (Phi) is 3.98. The molecular formula is C17H13ClO3S. The van der Waals surface area contributed by atoms with Crippen molar-refractivity contribution in [2.45, 2.75) is 24.0 Å². The lowest BCUT2D eigenvalue weighted by Crippen LogP contribution is -2.10. The fraction of sp³-hybridized carbons (Fsp3) is 0.176. The largest absolute Gasteiger partial charge is 0.481 e. The monoisotopic (exact) mass is 332 g/mol. The third-order valence-corrected chi connectivity index (χ3v) is 5.15. The minimum absolute atomic E-state index is 0.0813. The normalized spacial score (nSPS) is 13.3. The number of aliphatic carboxylic acids is 1. The number of rotatable bonds is 2. The van der Waals surface area contributed by atoms with Crippen LogP contribution < -0.4 is 0 Å². The lowest BCUT2D eigenvalue weighted by Gasteiger charge is -2.12. The zero-order valence-electron chi connectivity index (χ0n) is 11.9. The molecule has 0 radical (unpaired) electrons. The first-order valence-corrected chi connectivity index (χ1v) is 8.14. The van der Waals surface area contributed by atoms with E-state index in [1.165, 1.54) is 0 Å². The number of benzene rings is 2. The standard InChI is InChI=1S/C17H13ClO3S/c1-9-10(6-15(19)20)3-5-14-16(9)17(21)13-7-12(18)4-2-11(13)8-22-14/h2-5,7H,6,8H2,1H3,(H,19,20). The molecule has 22 heavy (non-hydrogen) atoms. The van der Waals surface area contributed by atoms with E-state index in [0.29, 0.717) is 27.5 Å². The van der Waals surface area contributed by atoms with Crippen LogP contribution in [0.5, 0.6) is 0 Å². The van der Waals surface area contributed by atoms with Gasteiger partial charge in [0.1, 0.15) is 0 Å². The summed E-state index contributed by atoms with van der Waals surface area (Å²) in [6.45, 7) is 1.81. The first-order valence-electron chi connectivity index (χ1n) is 6.77. The molecule has 3 rings (SSSR count). The third-order valence-electron chi connectivity index (χ3n) is 3.81. The van der Waals surface area contributed by atoms with Crippen LogP contribution in [0.2, 0.25) is 5.02 Å². The Balaban J connectivity index is 2.18. The van der Waals surface area contributed by atoms with Gasteiger partial charge >= 0.3 is 5.97 Å². The number of hydrogen-bond donors (Lipinski definition) is 1. The van der Waals surface area contributed by atoms with Gasteiger partial charge in [0.2, 0.25) is 0 Å². The van der Waals surface area contributed by atoms with Crippen LogP contribution in [-0.4, -0.2) is 16.9 Å². The van der Waals surface area contributed by atoms with Gasteiger partial charge in [0, 0.05) is 26.8 Å². The SMILES string of the molecule is Cc1c(CC(=O)O)ccc2c1C(=O)c1cc(Cl)ccc1CS2. The van der Waals surface area contributed by atoms with Gasteiger partial charge in [0.15, 0.2) is 5.78 Å². The van der Waals surface area contributed by atoms with Crippen molar-refractivity contribution in [1.82, 2.24) is 0 Å². The number of hydrogen-bond acceptors (Lipinski definition) is 3. The van der Waals surface area contributed by atoms with Crippen LogP contribution in [0.4, 0.5) is 0 Å². The topological polar surface area (TPSA) is 54.4 Å². The molecule has 5 heteroatoms. The molecule has 0 saturated carbocycles. The van der Waals surface area contributed by atoms with Gasteiger partial charge in [-0.05, 0) is 41.8 Å². The Bertz CT molecular complexity index is 799. The Hall–Kier alpha value is -1.78. The Morgan fingerprint density at radius 3 is 2.82 bits per heavy atom. The van der Waals surface area contributed by atoms with Crippen molar-refractivity contribution in [3.8, 4) is 0 Å². The van der Waals surface area contributed by atoms with Gasteiger partial charge in [-0.25, -0.2) is 0 Å². The molecule has 1 heterocycles. The fourth-order valence-electron chi connectivity index (χ4n) is 2.66. The van der Waals surface area contributed by atoms with Crippen molar-refractivity contribution in [2.24, 2.45) is 0 Å². The van der Waals surface area contributed by atoms with E-state index in [9.17, 15) is 9.59 Å². The lowest BCUT2D eigenvalue weighted by atomic mass is 9.92. The average molecular weight is 333 g/mol. The maximum Gasteiger partial charge on any atom is 0.307 e. The van der Waals surface area contributed by atoms with Crippen LogP contribution in [0.3, 0.4) is 0 Å². The summed E-state index contributed by atoms with van der Waals surface area (Å²) in [6.07, 6.45) is -0.0839. The quantitative estimate of drug-likeness (QED) is 0.899. The first-order chi connectivity index (χ1) is 10.5. The molecule has 0 spiro atoms. The summed E-state index contributed by atoms with van der Waals surface area (Å²) in [5.74, 6) is -0.286. The predicted octanol–water partition coefficient (Wildman–Crippen LogP) is 4.11. The maximum atomic E-state index is 12.9. The molecule has 0 unspecified atom stereocenters. The molecule has 0 aromatic heterocycles. The molecule has 0 amide bonds. The van der Waals surface area contributed by atoms with Gasteiger partial charge in [-0.15, -0.1) is 11.8 Å². The molecule has 1 aliphatic heterocycles. The van der Waals surface area contributed by atoms with E-state index in [-0.39, 0.29) is 12.2 Å². The van der Waals surface area contributed by atoms with Gasteiger partial charge in [-0.2, -0.15) is 0 Å². The van der Waals surface area contributed by atoms with Crippen LogP contribution in [0.25, 0.3) is 0 Å². The molecule has 1 aliphatic rings. The van der Waals surface area contributed by atoms with E-state index >= 15 is 0 Å². The van der Waals surface area contributed by atoms with Crippen molar-refractivity contribution in [3.63, 3.8) is 0 Å². The number of fused-ring (bicyclic) bond motifs is 2. The Morgan fingerprint density at radius 2 is 2.09 bits per heavy atom. The number of carboxylic acids is 1. The Labute approximate surface area is 137 Å². The van der Waals surface area contributed by atoms with Crippen molar-refractivity contribution < 1.29 is 14.7 Å². The molecule has 2 aromatic rings. The molecular weight excluding hydrogens is 320 g/mol. The second-order valence-corrected chi connectivity index (χ2v) is 6.67.